The maximum absolute atomic E-state index is 13.7. The van der Waals surface area contributed by atoms with Crippen molar-refractivity contribution >= 4 is 29.8 Å². The number of ether oxygens (including phenoxy) is 2. The van der Waals surface area contributed by atoms with Crippen LogP contribution in [-0.4, -0.2) is 70.1 Å². The molecule has 0 aliphatic carbocycles. The van der Waals surface area contributed by atoms with E-state index in [0.29, 0.717) is 19.4 Å². The van der Waals surface area contributed by atoms with E-state index in [0.717, 1.165) is 5.56 Å². The molecule has 0 aromatic heterocycles. The van der Waals surface area contributed by atoms with E-state index in [2.05, 4.69) is 10.6 Å². The van der Waals surface area contributed by atoms with Gasteiger partial charge in [0.25, 0.3) is 0 Å². The standard InChI is InChI=1S/C29H44N4O7/c1-27(2,3)39-24(36)20(14-15-22(30)34)31-23(35)21(18-19-12-9-8-10-13-19)32-25(37)29(7)16-11-17-33(29)26(38)40-28(4,5)6/h8-10,12-13,20-21H,11,14-18H2,1-7H3,(H2,30,34)(H,31,35)(H,32,37)/t20-,21-,29-/m0/s1. The molecule has 1 saturated heterocycles. The van der Waals surface area contributed by atoms with E-state index < -0.39 is 58.6 Å². The van der Waals surface area contributed by atoms with Gasteiger partial charge in [-0.25, -0.2) is 9.59 Å². The van der Waals surface area contributed by atoms with Crippen LogP contribution < -0.4 is 16.4 Å². The Hall–Kier alpha value is -3.63. The summed E-state index contributed by atoms with van der Waals surface area (Å²) >= 11 is 0. The topological polar surface area (TPSA) is 157 Å². The van der Waals surface area contributed by atoms with Crippen molar-refractivity contribution in [3.05, 3.63) is 35.9 Å². The lowest BCUT2D eigenvalue weighted by Crippen LogP contribution is -2.61. The van der Waals surface area contributed by atoms with Gasteiger partial charge in [-0.15, -0.1) is 0 Å². The summed E-state index contributed by atoms with van der Waals surface area (Å²) in [6, 6.07) is 6.83. The molecule has 1 aliphatic rings. The fourth-order valence-electron chi connectivity index (χ4n) is 4.36. The van der Waals surface area contributed by atoms with Gasteiger partial charge >= 0.3 is 12.1 Å². The van der Waals surface area contributed by atoms with Gasteiger partial charge in [-0.3, -0.25) is 19.3 Å². The number of benzene rings is 1. The van der Waals surface area contributed by atoms with Crippen molar-refractivity contribution in [1.82, 2.24) is 15.5 Å². The van der Waals surface area contributed by atoms with E-state index in [4.69, 9.17) is 15.2 Å². The van der Waals surface area contributed by atoms with Gasteiger partial charge in [-0.2, -0.15) is 0 Å². The van der Waals surface area contributed by atoms with Crippen LogP contribution in [0.15, 0.2) is 30.3 Å². The van der Waals surface area contributed by atoms with Gasteiger partial charge in [0.2, 0.25) is 17.7 Å². The molecular formula is C29H44N4O7. The Balaban J connectivity index is 2.31. The summed E-state index contributed by atoms with van der Waals surface area (Å²) in [5.41, 5.74) is 3.25. The Morgan fingerprint density at radius 3 is 2.10 bits per heavy atom. The van der Waals surface area contributed by atoms with Crippen LogP contribution in [-0.2, 0) is 35.1 Å². The van der Waals surface area contributed by atoms with E-state index in [1.807, 2.05) is 30.3 Å². The summed E-state index contributed by atoms with van der Waals surface area (Å²) in [6.07, 6.45) is 0.277. The summed E-state index contributed by atoms with van der Waals surface area (Å²) in [5, 5.41) is 5.46. The number of likely N-dealkylation sites (tertiary alicyclic amines) is 1. The van der Waals surface area contributed by atoms with E-state index in [1.54, 1.807) is 48.5 Å². The number of hydrogen-bond acceptors (Lipinski definition) is 7. The van der Waals surface area contributed by atoms with E-state index >= 15 is 0 Å². The van der Waals surface area contributed by atoms with Crippen molar-refractivity contribution in [2.75, 3.05) is 6.54 Å². The van der Waals surface area contributed by atoms with Gasteiger partial charge < -0.3 is 25.8 Å². The lowest BCUT2D eigenvalue weighted by Gasteiger charge is -2.36. The van der Waals surface area contributed by atoms with E-state index in [-0.39, 0.29) is 19.3 Å². The number of amides is 4. The second-order valence-electron chi connectivity index (χ2n) is 12.3. The Morgan fingerprint density at radius 1 is 0.950 bits per heavy atom. The van der Waals surface area contributed by atoms with Crippen LogP contribution in [0.4, 0.5) is 4.79 Å². The normalized spacial score (nSPS) is 18.8. The van der Waals surface area contributed by atoms with Crippen LogP contribution in [0.1, 0.15) is 79.7 Å². The monoisotopic (exact) mass is 560 g/mol. The number of nitrogens with zero attached hydrogens (tertiary/aromatic N) is 1. The SMILES string of the molecule is CC(C)(C)OC(=O)[C@H](CCC(N)=O)NC(=O)[C@H](Cc1ccccc1)NC(=O)[C@]1(C)CCCN1C(=O)OC(C)(C)C. The first-order chi connectivity index (χ1) is 18.4. The molecular weight excluding hydrogens is 516 g/mol. The first-order valence-electron chi connectivity index (χ1n) is 13.6. The highest BCUT2D eigenvalue weighted by Gasteiger charge is 2.48. The van der Waals surface area contributed by atoms with Gasteiger partial charge in [-0.1, -0.05) is 30.3 Å². The number of rotatable bonds is 10. The third-order valence-electron chi connectivity index (χ3n) is 6.34. The maximum Gasteiger partial charge on any atom is 0.411 e. The molecule has 0 bridgehead atoms. The number of nitrogens with two attached hydrogens (primary N) is 1. The van der Waals surface area contributed by atoms with Crippen LogP contribution in [0, 0.1) is 0 Å². The summed E-state index contributed by atoms with van der Waals surface area (Å²) in [4.78, 5) is 65.9. The first-order valence-corrected chi connectivity index (χ1v) is 13.6. The van der Waals surface area contributed by atoms with Gasteiger partial charge in [0, 0.05) is 19.4 Å². The van der Waals surface area contributed by atoms with Crippen LogP contribution in [0.3, 0.4) is 0 Å². The van der Waals surface area contributed by atoms with E-state index in [9.17, 15) is 24.0 Å². The van der Waals surface area contributed by atoms with Crippen molar-refractivity contribution in [2.45, 2.75) is 109 Å². The molecule has 0 unspecified atom stereocenters. The second-order valence-corrected chi connectivity index (χ2v) is 12.3. The summed E-state index contributed by atoms with van der Waals surface area (Å²) in [6.45, 7) is 12.3. The third-order valence-corrected chi connectivity index (χ3v) is 6.34. The second kappa shape index (κ2) is 13.1. The average Bonchev–Trinajstić information content (AvgIpc) is 3.22. The molecule has 11 nitrogen and oxygen atoms in total. The highest BCUT2D eigenvalue weighted by molar-refractivity contribution is 5.95. The van der Waals surface area contributed by atoms with Crippen LogP contribution >= 0.6 is 0 Å². The molecule has 1 heterocycles. The predicted molar refractivity (Wildman–Crippen MR) is 149 cm³/mol. The van der Waals surface area contributed by atoms with Crippen molar-refractivity contribution in [3.8, 4) is 0 Å². The fraction of sp³-hybridized carbons (Fsp3) is 0.621. The largest absolute Gasteiger partial charge is 0.458 e. The summed E-state index contributed by atoms with van der Waals surface area (Å²) in [7, 11) is 0. The minimum Gasteiger partial charge on any atom is -0.458 e. The molecule has 1 aromatic carbocycles. The number of esters is 1. The molecule has 0 radical (unpaired) electrons. The van der Waals surface area contributed by atoms with Gasteiger partial charge in [0.1, 0.15) is 28.8 Å². The Kier molecular flexibility index (Phi) is 10.7. The van der Waals surface area contributed by atoms with Crippen LogP contribution in [0.2, 0.25) is 0 Å². The van der Waals surface area contributed by atoms with Crippen LogP contribution in [0.25, 0.3) is 0 Å². The Morgan fingerprint density at radius 2 is 1.55 bits per heavy atom. The van der Waals surface area contributed by atoms with Crippen molar-refractivity contribution < 1.29 is 33.4 Å². The lowest BCUT2D eigenvalue weighted by atomic mass is 9.96. The molecule has 3 atom stereocenters. The molecule has 1 fully saturated rings. The molecule has 11 heteroatoms. The molecule has 2 rings (SSSR count). The minimum atomic E-state index is -1.24. The van der Waals surface area contributed by atoms with Crippen molar-refractivity contribution in [3.63, 3.8) is 0 Å². The van der Waals surface area contributed by atoms with Crippen LogP contribution in [0.5, 0.6) is 0 Å². The minimum absolute atomic E-state index is 0.0634. The van der Waals surface area contributed by atoms with Crippen molar-refractivity contribution in [1.29, 1.82) is 0 Å². The molecule has 4 N–H and O–H groups in total. The number of hydrogen-bond donors (Lipinski definition) is 3. The molecule has 40 heavy (non-hydrogen) atoms. The summed E-state index contributed by atoms with van der Waals surface area (Å²) in [5.74, 6) is -2.50. The fourth-order valence-corrected chi connectivity index (χ4v) is 4.36. The molecule has 0 spiro atoms. The molecule has 4 amide bonds. The predicted octanol–water partition coefficient (Wildman–Crippen LogP) is 2.60. The van der Waals surface area contributed by atoms with Crippen molar-refractivity contribution in [2.24, 2.45) is 5.73 Å². The molecule has 1 aliphatic heterocycles. The molecule has 1 aromatic rings. The Labute approximate surface area is 236 Å². The summed E-state index contributed by atoms with van der Waals surface area (Å²) < 4.78 is 11.0. The number of carbonyl (C=O) groups is 5. The van der Waals surface area contributed by atoms with E-state index in [1.165, 1.54) is 4.90 Å². The lowest BCUT2D eigenvalue weighted by molar-refractivity contribution is -0.159. The van der Waals surface area contributed by atoms with Gasteiger partial charge in [0.15, 0.2) is 0 Å². The van der Waals surface area contributed by atoms with Gasteiger partial charge in [-0.05, 0) is 73.3 Å². The molecule has 222 valence electrons. The average molecular weight is 561 g/mol. The zero-order valence-corrected chi connectivity index (χ0v) is 24.7. The molecule has 0 saturated carbocycles. The maximum atomic E-state index is 13.7. The Bertz CT molecular complexity index is 1080. The van der Waals surface area contributed by atoms with Gasteiger partial charge in [0.05, 0.1) is 0 Å². The number of carbonyl (C=O) groups excluding carboxylic acids is 5. The zero-order valence-electron chi connectivity index (χ0n) is 24.7. The first kappa shape index (κ1) is 32.6. The third kappa shape index (κ3) is 9.84. The number of primary amides is 1. The quantitative estimate of drug-likeness (QED) is 0.371. The zero-order chi connectivity index (χ0) is 30.3. The highest BCUT2D eigenvalue weighted by Crippen LogP contribution is 2.31. The number of nitrogens with one attached hydrogen (secondary N) is 2. The smallest absolute Gasteiger partial charge is 0.411 e. The highest BCUT2D eigenvalue weighted by atomic mass is 16.6.